The molecule has 0 aliphatic heterocycles. The van der Waals surface area contributed by atoms with Crippen LogP contribution in [0.2, 0.25) is 0 Å². The third kappa shape index (κ3) is 6.05. The maximum absolute atomic E-state index is 5.35. The molecule has 0 saturated carbocycles. The highest BCUT2D eigenvalue weighted by molar-refractivity contribution is 6.17. The monoisotopic (exact) mass is 738 g/mol. The van der Waals surface area contributed by atoms with Crippen LogP contribution in [0.4, 0.5) is 0 Å². The van der Waals surface area contributed by atoms with E-state index in [9.17, 15) is 0 Å². The van der Waals surface area contributed by atoms with Crippen LogP contribution in [0.3, 0.4) is 0 Å². The predicted molar refractivity (Wildman–Crippen MR) is 240 cm³/mol. The first kappa shape index (κ1) is 33.5. The van der Waals surface area contributed by atoms with E-state index in [1.807, 2.05) is 0 Å². The van der Waals surface area contributed by atoms with E-state index >= 15 is 0 Å². The fourth-order valence-corrected chi connectivity index (χ4v) is 8.14. The van der Waals surface area contributed by atoms with Crippen LogP contribution in [0.1, 0.15) is 0 Å². The second-order valence-corrected chi connectivity index (χ2v) is 14.7. The molecule has 11 rings (SSSR count). The molecule has 0 spiro atoms. The zero-order valence-electron chi connectivity index (χ0n) is 31.4. The van der Waals surface area contributed by atoms with Gasteiger partial charge in [-0.1, -0.05) is 188 Å². The summed E-state index contributed by atoms with van der Waals surface area (Å²) in [5.74, 6) is 1.90. The molecule has 11 aromatic rings. The van der Waals surface area contributed by atoms with Crippen molar-refractivity contribution in [3.05, 3.63) is 206 Å². The quantitative estimate of drug-likeness (QED) is 0.159. The molecule has 2 aromatic heterocycles. The lowest BCUT2D eigenvalue weighted by Gasteiger charge is -2.15. The number of benzene rings is 9. The Kier molecular flexibility index (Phi) is 8.11. The Bertz CT molecular complexity index is 3220. The SMILES string of the molecule is c1ccc(-c2nc3cc(-c4ccc(-c5nc(-c6ccc7ccccc7c6)nc(-c6ccc7ccccc7c6)n5)cc4)ccc3c3c(-c4ccccc4)cccc23)cc1. The number of aromatic nitrogens is 4. The summed E-state index contributed by atoms with van der Waals surface area (Å²) in [6.07, 6.45) is 0. The van der Waals surface area contributed by atoms with Crippen LogP contribution < -0.4 is 0 Å². The van der Waals surface area contributed by atoms with Gasteiger partial charge in [0.2, 0.25) is 0 Å². The Hall–Kier alpha value is -7.82. The number of fused-ring (bicyclic) bond motifs is 5. The molecule has 0 bridgehead atoms. The van der Waals surface area contributed by atoms with E-state index < -0.39 is 0 Å². The van der Waals surface area contributed by atoms with Crippen molar-refractivity contribution >= 4 is 43.2 Å². The third-order valence-electron chi connectivity index (χ3n) is 11.1. The Morgan fingerprint density at radius 2 is 0.759 bits per heavy atom. The van der Waals surface area contributed by atoms with Crippen LogP contribution in [0, 0.1) is 0 Å². The topological polar surface area (TPSA) is 51.6 Å². The second-order valence-electron chi connectivity index (χ2n) is 14.7. The molecular weight excluding hydrogens is 705 g/mol. The minimum atomic E-state index is 0.625. The van der Waals surface area contributed by atoms with Crippen molar-refractivity contribution in [3.63, 3.8) is 0 Å². The van der Waals surface area contributed by atoms with Crippen molar-refractivity contribution in [2.75, 3.05) is 0 Å². The van der Waals surface area contributed by atoms with Gasteiger partial charge in [0, 0.05) is 38.4 Å². The Morgan fingerprint density at radius 1 is 0.259 bits per heavy atom. The highest BCUT2D eigenvalue weighted by Gasteiger charge is 2.17. The molecule has 270 valence electrons. The van der Waals surface area contributed by atoms with Crippen LogP contribution in [-0.2, 0) is 0 Å². The number of hydrogen-bond acceptors (Lipinski definition) is 4. The molecule has 0 aliphatic carbocycles. The Morgan fingerprint density at radius 3 is 1.38 bits per heavy atom. The minimum Gasteiger partial charge on any atom is -0.247 e. The van der Waals surface area contributed by atoms with E-state index in [4.69, 9.17) is 19.9 Å². The molecule has 0 atom stereocenters. The summed E-state index contributed by atoms with van der Waals surface area (Å²) in [5.41, 5.74) is 10.4. The smallest absolute Gasteiger partial charge is 0.164 e. The van der Waals surface area contributed by atoms with Gasteiger partial charge < -0.3 is 0 Å². The van der Waals surface area contributed by atoms with E-state index in [-0.39, 0.29) is 0 Å². The molecule has 0 aliphatic rings. The highest BCUT2D eigenvalue weighted by atomic mass is 15.0. The van der Waals surface area contributed by atoms with Crippen LogP contribution in [-0.4, -0.2) is 19.9 Å². The van der Waals surface area contributed by atoms with Gasteiger partial charge in [-0.05, 0) is 62.0 Å². The average molecular weight is 739 g/mol. The summed E-state index contributed by atoms with van der Waals surface area (Å²) in [5, 5.41) is 8.11. The standard InChI is InChI=1S/C54H34N4/c1-3-14-38(15-4-1)46-20-11-21-48-50(46)47-31-30-43(34-49(47)55-51(48)39-16-5-2-6-17-39)37-22-26-40(27-23-37)52-56-53(44-28-24-35-12-7-9-18-41(35)32-44)58-54(57-52)45-29-25-36-13-8-10-19-42(36)33-45/h1-34H. The van der Waals surface area contributed by atoms with Gasteiger partial charge in [0.1, 0.15) is 0 Å². The molecule has 0 fully saturated rings. The summed E-state index contributed by atoms with van der Waals surface area (Å²) in [6.45, 7) is 0. The van der Waals surface area contributed by atoms with Crippen LogP contribution in [0.5, 0.6) is 0 Å². The van der Waals surface area contributed by atoms with E-state index in [1.165, 1.54) is 27.3 Å². The normalized spacial score (nSPS) is 11.4. The van der Waals surface area contributed by atoms with E-state index in [0.29, 0.717) is 17.5 Å². The van der Waals surface area contributed by atoms with Crippen LogP contribution >= 0.6 is 0 Å². The number of rotatable bonds is 6. The van der Waals surface area contributed by atoms with Crippen molar-refractivity contribution in [1.82, 2.24) is 19.9 Å². The molecule has 58 heavy (non-hydrogen) atoms. The maximum Gasteiger partial charge on any atom is 0.164 e. The van der Waals surface area contributed by atoms with Crippen LogP contribution in [0.15, 0.2) is 206 Å². The molecule has 0 N–H and O–H groups in total. The summed E-state index contributed by atoms with van der Waals surface area (Å²) in [6, 6.07) is 72.4. The van der Waals surface area contributed by atoms with Gasteiger partial charge in [0.15, 0.2) is 17.5 Å². The van der Waals surface area contributed by atoms with E-state index in [0.717, 1.165) is 66.1 Å². The van der Waals surface area contributed by atoms with Crippen molar-refractivity contribution < 1.29 is 0 Å². The molecule has 0 radical (unpaired) electrons. The molecule has 4 nitrogen and oxygen atoms in total. The Balaban J connectivity index is 1.03. The largest absolute Gasteiger partial charge is 0.247 e. The van der Waals surface area contributed by atoms with Gasteiger partial charge >= 0.3 is 0 Å². The van der Waals surface area contributed by atoms with Gasteiger partial charge in [0.25, 0.3) is 0 Å². The van der Waals surface area contributed by atoms with E-state index in [1.54, 1.807) is 0 Å². The second kappa shape index (κ2) is 14.0. The van der Waals surface area contributed by atoms with Crippen molar-refractivity contribution in [2.45, 2.75) is 0 Å². The molecule has 0 unspecified atom stereocenters. The molecule has 0 amide bonds. The zero-order valence-corrected chi connectivity index (χ0v) is 31.4. The number of nitrogens with zero attached hydrogens (tertiary/aromatic N) is 4. The van der Waals surface area contributed by atoms with Gasteiger partial charge in [-0.15, -0.1) is 0 Å². The minimum absolute atomic E-state index is 0.625. The first-order valence-corrected chi connectivity index (χ1v) is 19.5. The third-order valence-corrected chi connectivity index (χ3v) is 11.1. The first-order chi connectivity index (χ1) is 28.7. The summed E-state index contributed by atoms with van der Waals surface area (Å²) >= 11 is 0. The van der Waals surface area contributed by atoms with Crippen molar-refractivity contribution in [2.24, 2.45) is 0 Å². The number of hydrogen-bond donors (Lipinski definition) is 0. The molecule has 0 saturated heterocycles. The van der Waals surface area contributed by atoms with Crippen LogP contribution in [0.25, 0.3) is 111 Å². The molecule has 2 heterocycles. The number of pyridine rings is 1. The average Bonchev–Trinajstić information content (AvgIpc) is 3.31. The summed E-state index contributed by atoms with van der Waals surface area (Å²) in [4.78, 5) is 20.6. The molecule has 4 heteroatoms. The van der Waals surface area contributed by atoms with E-state index in [2.05, 4.69) is 206 Å². The fraction of sp³-hybridized carbons (Fsp3) is 0. The molecule has 9 aromatic carbocycles. The van der Waals surface area contributed by atoms with Crippen molar-refractivity contribution in [3.8, 4) is 67.7 Å². The zero-order chi connectivity index (χ0) is 38.4. The van der Waals surface area contributed by atoms with Gasteiger partial charge in [0.05, 0.1) is 11.2 Å². The van der Waals surface area contributed by atoms with Gasteiger partial charge in [-0.2, -0.15) is 0 Å². The summed E-state index contributed by atoms with van der Waals surface area (Å²) in [7, 11) is 0. The van der Waals surface area contributed by atoms with Gasteiger partial charge in [-0.25, -0.2) is 19.9 Å². The predicted octanol–water partition coefficient (Wildman–Crippen LogP) is 13.9. The first-order valence-electron chi connectivity index (χ1n) is 19.5. The Labute approximate surface area is 335 Å². The fourth-order valence-electron chi connectivity index (χ4n) is 8.14. The highest BCUT2D eigenvalue weighted by Crippen LogP contribution is 2.40. The lowest BCUT2D eigenvalue weighted by molar-refractivity contribution is 1.08. The van der Waals surface area contributed by atoms with Crippen molar-refractivity contribution in [1.29, 1.82) is 0 Å². The van der Waals surface area contributed by atoms with Gasteiger partial charge in [-0.3, -0.25) is 0 Å². The lowest BCUT2D eigenvalue weighted by Crippen LogP contribution is -2.00. The maximum atomic E-state index is 5.35. The summed E-state index contributed by atoms with van der Waals surface area (Å²) < 4.78 is 0. The lowest BCUT2D eigenvalue weighted by atomic mass is 9.92. The molecular formula is C54H34N4.